The van der Waals surface area contributed by atoms with E-state index >= 15 is 0 Å². The average molecular weight is 485 g/mol. The van der Waals surface area contributed by atoms with Gasteiger partial charge in [0.05, 0.1) is 10.1 Å². The van der Waals surface area contributed by atoms with Gasteiger partial charge in [-0.25, -0.2) is 0 Å². The van der Waals surface area contributed by atoms with Crippen LogP contribution >= 0.6 is 34.5 Å². The normalized spacial score (nSPS) is 12.1. The van der Waals surface area contributed by atoms with Crippen LogP contribution < -0.4 is 14.6 Å². The summed E-state index contributed by atoms with van der Waals surface area (Å²) >= 11 is 13.3. The Bertz CT molecular complexity index is 1060. The third-order valence-corrected chi connectivity index (χ3v) is 6.89. The molecule has 0 amide bonds. The molecule has 0 saturated heterocycles. The second-order valence-electron chi connectivity index (χ2n) is 7.98. The molecule has 3 rings (SSSR count). The molecule has 0 saturated carbocycles. The molecule has 162 valence electrons. The summed E-state index contributed by atoms with van der Waals surface area (Å²) in [6.07, 6.45) is 0. The summed E-state index contributed by atoms with van der Waals surface area (Å²) in [7, 11) is -1.84. The molecule has 0 aliphatic heterocycles. The first-order valence-electron chi connectivity index (χ1n) is 9.98. The Balaban J connectivity index is 2.01. The Hall–Kier alpha value is -1.31. The van der Waals surface area contributed by atoms with E-state index in [0.717, 1.165) is 28.2 Å². The predicted octanol–water partition coefficient (Wildman–Crippen LogP) is 5.79. The van der Waals surface area contributed by atoms with Crippen LogP contribution in [0.2, 0.25) is 19.6 Å². The van der Waals surface area contributed by atoms with Crippen LogP contribution in [-0.4, -0.2) is 51.2 Å². The van der Waals surface area contributed by atoms with Crippen molar-refractivity contribution in [2.24, 2.45) is 0 Å². The second-order valence-corrected chi connectivity index (χ2v) is 14.2. The van der Waals surface area contributed by atoms with Gasteiger partial charge in [0.1, 0.15) is 18.1 Å². The topological polar surface area (TPSA) is 38.8 Å². The summed E-state index contributed by atoms with van der Waals surface area (Å²) in [5, 5.41) is 1.30. The number of hydrogen-bond acceptors (Lipinski definition) is 5. The summed E-state index contributed by atoms with van der Waals surface area (Å²) in [5.74, 6) is 2.44. The quantitative estimate of drug-likeness (QED) is 0.208. The lowest BCUT2D eigenvalue weighted by atomic mass is 10.1. The number of alkyl halides is 2. The van der Waals surface area contributed by atoms with Gasteiger partial charge in [-0.1, -0.05) is 12.1 Å². The molecule has 2 aromatic carbocycles. The fourth-order valence-electron chi connectivity index (χ4n) is 3.24. The molecule has 0 fully saturated rings. The largest absolute Gasteiger partial charge is 0.543 e. The number of benzene rings is 2. The lowest BCUT2D eigenvalue weighted by Crippen LogP contribution is -2.32. The highest BCUT2D eigenvalue weighted by molar-refractivity contribution is 7.25. The van der Waals surface area contributed by atoms with Gasteiger partial charge in [0, 0.05) is 41.5 Å². The summed E-state index contributed by atoms with van der Waals surface area (Å²) in [6.45, 7) is 9.05. The molecule has 0 aliphatic carbocycles. The van der Waals surface area contributed by atoms with E-state index in [1.54, 1.807) is 11.3 Å². The SMILES string of the molecule is C[Si](C)(C)Oc1ccc(OCCN(CCCl)CCCl)c2c(=O)c3ccccc3sc12. The first-order chi connectivity index (χ1) is 14.3. The molecule has 0 radical (unpaired) electrons. The molecule has 8 heteroatoms. The molecule has 1 aromatic heterocycles. The third-order valence-electron chi connectivity index (χ3n) is 4.54. The lowest BCUT2D eigenvalue weighted by Gasteiger charge is -2.22. The molecule has 0 bridgehead atoms. The summed E-state index contributed by atoms with van der Waals surface area (Å²) in [4.78, 5) is 15.5. The van der Waals surface area contributed by atoms with Crippen molar-refractivity contribution in [2.75, 3.05) is 38.0 Å². The van der Waals surface area contributed by atoms with Crippen LogP contribution in [-0.2, 0) is 0 Å². The van der Waals surface area contributed by atoms with Crippen LogP contribution in [0.25, 0.3) is 20.2 Å². The number of rotatable bonds is 10. The Morgan fingerprint density at radius 2 is 1.63 bits per heavy atom. The first kappa shape index (κ1) is 23.4. The van der Waals surface area contributed by atoms with E-state index in [4.69, 9.17) is 32.4 Å². The Labute approximate surface area is 192 Å². The molecule has 0 atom stereocenters. The van der Waals surface area contributed by atoms with E-state index < -0.39 is 8.32 Å². The molecular weight excluding hydrogens is 457 g/mol. The van der Waals surface area contributed by atoms with Crippen molar-refractivity contribution in [1.82, 2.24) is 4.90 Å². The first-order valence-corrected chi connectivity index (χ1v) is 15.3. The average Bonchev–Trinajstić information content (AvgIpc) is 2.69. The molecule has 30 heavy (non-hydrogen) atoms. The maximum absolute atomic E-state index is 13.4. The minimum atomic E-state index is -1.84. The van der Waals surface area contributed by atoms with Crippen LogP contribution in [0.3, 0.4) is 0 Å². The molecule has 4 nitrogen and oxygen atoms in total. The van der Waals surface area contributed by atoms with E-state index in [2.05, 4.69) is 24.5 Å². The Kier molecular flexibility index (Phi) is 8.04. The number of hydrogen-bond donors (Lipinski definition) is 0. The maximum atomic E-state index is 13.4. The number of halogens is 2. The van der Waals surface area contributed by atoms with Crippen molar-refractivity contribution < 1.29 is 9.16 Å². The zero-order valence-electron chi connectivity index (χ0n) is 17.5. The van der Waals surface area contributed by atoms with Gasteiger partial charge < -0.3 is 9.16 Å². The van der Waals surface area contributed by atoms with E-state index in [-0.39, 0.29) is 5.43 Å². The van der Waals surface area contributed by atoms with Gasteiger partial charge in [0.25, 0.3) is 0 Å². The van der Waals surface area contributed by atoms with Crippen molar-refractivity contribution in [3.05, 3.63) is 46.6 Å². The van der Waals surface area contributed by atoms with E-state index in [1.165, 1.54) is 0 Å². The fourth-order valence-corrected chi connectivity index (χ4v) is 5.76. The van der Waals surface area contributed by atoms with Crippen molar-refractivity contribution in [2.45, 2.75) is 19.6 Å². The molecule has 0 unspecified atom stereocenters. The summed E-state index contributed by atoms with van der Waals surface area (Å²) in [6, 6.07) is 11.5. The van der Waals surface area contributed by atoms with E-state index in [1.807, 2.05) is 36.4 Å². The van der Waals surface area contributed by atoms with Crippen molar-refractivity contribution in [3.63, 3.8) is 0 Å². The number of nitrogens with zero attached hydrogens (tertiary/aromatic N) is 1. The van der Waals surface area contributed by atoms with Crippen LogP contribution in [0.5, 0.6) is 11.5 Å². The lowest BCUT2D eigenvalue weighted by molar-refractivity contribution is 0.226. The highest BCUT2D eigenvalue weighted by Gasteiger charge is 2.21. The van der Waals surface area contributed by atoms with Crippen LogP contribution in [0, 0.1) is 0 Å². The zero-order valence-corrected chi connectivity index (χ0v) is 20.9. The van der Waals surface area contributed by atoms with Gasteiger partial charge in [-0.3, -0.25) is 9.69 Å². The van der Waals surface area contributed by atoms with Crippen LogP contribution in [0.1, 0.15) is 0 Å². The van der Waals surface area contributed by atoms with Crippen LogP contribution in [0.4, 0.5) is 0 Å². The van der Waals surface area contributed by atoms with Gasteiger partial charge in [0.2, 0.25) is 8.32 Å². The van der Waals surface area contributed by atoms with Crippen molar-refractivity contribution in [3.8, 4) is 11.5 Å². The third kappa shape index (κ3) is 5.68. The second kappa shape index (κ2) is 10.3. The van der Waals surface area contributed by atoms with Gasteiger partial charge in [-0.2, -0.15) is 0 Å². The Morgan fingerprint density at radius 1 is 0.967 bits per heavy atom. The summed E-state index contributed by atoms with van der Waals surface area (Å²) in [5.41, 5.74) is -0.0197. The molecule has 0 spiro atoms. The van der Waals surface area contributed by atoms with E-state index in [9.17, 15) is 4.79 Å². The number of ether oxygens (including phenoxy) is 1. The molecule has 0 N–H and O–H groups in total. The van der Waals surface area contributed by atoms with Gasteiger partial charge in [-0.15, -0.1) is 34.5 Å². The highest BCUT2D eigenvalue weighted by Crippen LogP contribution is 2.38. The van der Waals surface area contributed by atoms with Crippen molar-refractivity contribution in [1.29, 1.82) is 0 Å². The Morgan fingerprint density at radius 3 is 2.30 bits per heavy atom. The molecular formula is C22H27Cl2NO3SSi. The fraction of sp³-hybridized carbons (Fsp3) is 0.409. The molecule has 0 aliphatic rings. The minimum Gasteiger partial charge on any atom is -0.543 e. The minimum absolute atomic E-state index is 0.0197. The van der Waals surface area contributed by atoms with Gasteiger partial charge in [0.15, 0.2) is 5.43 Å². The van der Waals surface area contributed by atoms with E-state index in [0.29, 0.717) is 41.4 Å². The summed E-state index contributed by atoms with van der Waals surface area (Å²) < 4.78 is 14.2. The molecule has 1 heterocycles. The number of fused-ring (bicyclic) bond motifs is 2. The predicted molar refractivity (Wildman–Crippen MR) is 133 cm³/mol. The molecule has 3 aromatic rings. The zero-order chi connectivity index (χ0) is 21.7. The smallest absolute Gasteiger partial charge is 0.242 e. The monoisotopic (exact) mass is 483 g/mol. The van der Waals surface area contributed by atoms with Gasteiger partial charge in [-0.05, 0) is 43.9 Å². The highest BCUT2D eigenvalue weighted by atomic mass is 35.5. The standard InChI is InChI=1S/C22H27Cl2NO3SSi/c1-30(2,3)28-18-9-8-17(27-15-14-25(12-10-23)13-11-24)20-21(26)16-6-4-5-7-19(16)29-22(18)20/h4-9H,10-15H2,1-3H3. The van der Waals surface area contributed by atoms with Gasteiger partial charge >= 0.3 is 0 Å². The van der Waals surface area contributed by atoms with Crippen LogP contribution in [0.15, 0.2) is 41.2 Å². The maximum Gasteiger partial charge on any atom is 0.242 e. The van der Waals surface area contributed by atoms with Crippen molar-refractivity contribution >= 4 is 63.0 Å².